The molecule has 3 nitrogen and oxygen atoms in total. The van der Waals surface area contributed by atoms with Gasteiger partial charge in [-0.2, -0.15) is 0 Å². The van der Waals surface area contributed by atoms with Crippen LogP contribution in [0.2, 0.25) is 0 Å². The maximum atomic E-state index is 8.87. The van der Waals surface area contributed by atoms with Crippen LogP contribution in [0.25, 0.3) is 93.6 Å². The Morgan fingerprint density at radius 1 is 0.580 bits per heavy atom. The minimum absolute atomic E-state index is 0.168. The first-order chi connectivity index (χ1) is 26.8. The van der Waals surface area contributed by atoms with Crippen LogP contribution in [0.4, 0.5) is 0 Å². The fourth-order valence-corrected chi connectivity index (χ4v) is 7.71. The summed E-state index contributed by atoms with van der Waals surface area (Å²) in [6.07, 6.45) is 0.772. The summed E-state index contributed by atoms with van der Waals surface area (Å²) in [5.41, 5.74) is 9.31. The Hall–Kier alpha value is -6.45. The van der Waals surface area contributed by atoms with Crippen LogP contribution in [0.1, 0.15) is 19.6 Å². The molecule has 50 heavy (non-hydrogen) atoms. The maximum Gasteiger partial charge on any atom is 0.136 e. The number of imidazole rings is 1. The van der Waals surface area contributed by atoms with E-state index >= 15 is 0 Å². The first-order valence-electron chi connectivity index (χ1n) is 19.4. The molecule has 0 N–H and O–H groups in total. The van der Waals surface area contributed by atoms with Gasteiger partial charge in [-0.3, -0.25) is 4.57 Å². The minimum atomic E-state index is -0.413. The van der Waals surface area contributed by atoms with Crippen LogP contribution < -0.4 is 0 Å². The highest BCUT2D eigenvalue weighted by molar-refractivity contribution is 6.26. The molecule has 0 bridgehead atoms. The molecular formula is C47H32N2O. The quantitative estimate of drug-likeness (QED) is 0.174. The third-order valence-electron chi connectivity index (χ3n) is 9.82. The number of benzene rings is 8. The zero-order chi connectivity index (χ0) is 37.5. The van der Waals surface area contributed by atoms with Crippen molar-refractivity contribution in [3.8, 4) is 39.1 Å². The average molecular weight is 646 g/mol. The van der Waals surface area contributed by atoms with E-state index in [2.05, 4.69) is 78.2 Å². The Labute approximate surface area is 296 Å². The highest BCUT2D eigenvalue weighted by Gasteiger charge is 2.21. The van der Waals surface area contributed by atoms with Gasteiger partial charge in [0, 0.05) is 22.9 Å². The SMILES string of the molecule is [2H]c1c([2H])c([2H])c(-c2ccc3c(-c4cccc(-n5c(CC)nc6ccccc65)c4)c4ccccc4c(-c4cccc5oc6ccccc6c45)c3c2)c([2H])c1[2H]. The third-order valence-corrected chi connectivity index (χ3v) is 9.82. The molecule has 0 fully saturated rings. The Kier molecular flexibility index (Phi) is 5.39. The van der Waals surface area contributed by atoms with E-state index in [9.17, 15) is 0 Å². The standard InChI is InChI=1S/C47H32N2O/c1-2-44-48-40-22-9-10-23-41(40)49(44)33-17-12-16-32(28-33)45-34-18-6-7-19-35(34)46(39-29-31(26-27-36(39)45)30-14-4-3-5-15-30)38-21-13-25-43-47(38)37-20-8-11-24-42(37)50-43/h3-29H,2H2,1H3/i3D,4D,5D,14D,15D. The number of fused-ring (bicyclic) bond motifs is 6. The molecular weight excluding hydrogens is 609 g/mol. The maximum absolute atomic E-state index is 8.87. The molecule has 0 saturated heterocycles. The summed E-state index contributed by atoms with van der Waals surface area (Å²) in [5, 5.41) is 5.94. The van der Waals surface area contributed by atoms with E-state index in [1.807, 2.05) is 66.7 Å². The molecule has 2 aromatic heterocycles. The van der Waals surface area contributed by atoms with Crippen LogP contribution in [0.5, 0.6) is 0 Å². The van der Waals surface area contributed by atoms with Crippen LogP contribution in [0.15, 0.2) is 168 Å². The van der Waals surface area contributed by atoms with Gasteiger partial charge in [0.05, 0.1) is 17.9 Å². The summed E-state index contributed by atoms with van der Waals surface area (Å²) < 4.78 is 51.5. The van der Waals surface area contributed by atoms with Gasteiger partial charge < -0.3 is 4.42 Å². The second kappa shape index (κ2) is 11.3. The number of aromatic nitrogens is 2. The number of para-hydroxylation sites is 3. The highest BCUT2D eigenvalue weighted by atomic mass is 16.3. The molecule has 0 atom stereocenters. The highest BCUT2D eigenvalue weighted by Crippen LogP contribution is 2.48. The van der Waals surface area contributed by atoms with E-state index < -0.39 is 6.04 Å². The second-order valence-corrected chi connectivity index (χ2v) is 12.6. The fourth-order valence-electron chi connectivity index (χ4n) is 7.71. The molecule has 3 heteroatoms. The van der Waals surface area contributed by atoms with Gasteiger partial charge in [0.1, 0.15) is 17.0 Å². The van der Waals surface area contributed by atoms with Crippen molar-refractivity contribution in [3.05, 3.63) is 169 Å². The molecule has 0 aliphatic carbocycles. The normalized spacial score (nSPS) is 13.2. The van der Waals surface area contributed by atoms with E-state index in [1.54, 1.807) is 0 Å². The fraction of sp³-hybridized carbons (Fsp3) is 0.0426. The Balaban J connectivity index is 1.34. The van der Waals surface area contributed by atoms with E-state index in [1.165, 1.54) is 0 Å². The predicted molar refractivity (Wildman–Crippen MR) is 209 cm³/mol. The summed E-state index contributed by atoms with van der Waals surface area (Å²) in [4.78, 5) is 4.95. The van der Waals surface area contributed by atoms with Gasteiger partial charge >= 0.3 is 0 Å². The second-order valence-electron chi connectivity index (χ2n) is 12.6. The van der Waals surface area contributed by atoms with E-state index in [4.69, 9.17) is 16.3 Å². The largest absolute Gasteiger partial charge is 0.456 e. The van der Waals surface area contributed by atoms with Crippen LogP contribution >= 0.6 is 0 Å². The van der Waals surface area contributed by atoms with Gasteiger partial charge in [-0.05, 0) is 97.4 Å². The lowest BCUT2D eigenvalue weighted by molar-refractivity contribution is 0.669. The number of nitrogens with zero attached hydrogens (tertiary/aromatic N) is 2. The Morgan fingerprint density at radius 3 is 2.16 bits per heavy atom. The minimum Gasteiger partial charge on any atom is -0.456 e. The summed E-state index contributed by atoms with van der Waals surface area (Å²) in [7, 11) is 0. The van der Waals surface area contributed by atoms with Crippen LogP contribution in [0, 0.1) is 0 Å². The summed E-state index contributed by atoms with van der Waals surface area (Å²) in [5.74, 6) is 0.979. The molecule has 0 unspecified atom stereocenters. The lowest BCUT2D eigenvalue weighted by Gasteiger charge is -2.20. The predicted octanol–water partition coefficient (Wildman–Crippen LogP) is 12.8. The van der Waals surface area contributed by atoms with Gasteiger partial charge in [-0.15, -0.1) is 0 Å². The zero-order valence-electron chi connectivity index (χ0n) is 32.2. The van der Waals surface area contributed by atoms with Crippen molar-refractivity contribution in [2.24, 2.45) is 0 Å². The van der Waals surface area contributed by atoms with Gasteiger partial charge in [0.2, 0.25) is 0 Å². The molecule has 0 aliphatic heterocycles. The molecule has 10 rings (SSSR count). The number of aryl methyl sites for hydroxylation is 1. The number of furan rings is 1. The van der Waals surface area contributed by atoms with Crippen LogP contribution in [0.3, 0.4) is 0 Å². The van der Waals surface area contributed by atoms with Crippen LogP contribution in [-0.4, -0.2) is 9.55 Å². The van der Waals surface area contributed by atoms with Gasteiger partial charge in [0.15, 0.2) is 0 Å². The van der Waals surface area contributed by atoms with E-state index in [0.29, 0.717) is 5.56 Å². The molecule has 2 heterocycles. The first kappa shape index (κ1) is 23.8. The monoisotopic (exact) mass is 645 g/mol. The van der Waals surface area contributed by atoms with Crippen molar-refractivity contribution in [2.75, 3.05) is 0 Å². The Morgan fingerprint density at radius 2 is 1.30 bits per heavy atom. The molecule has 0 saturated carbocycles. The van der Waals surface area contributed by atoms with E-state index in [-0.39, 0.29) is 29.7 Å². The lowest BCUT2D eigenvalue weighted by atomic mass is 9.84. The smallest absolute Gasteiger partial charge is 0.136 e. The number of rotatable bonds is 5. The summed E-state index contributed by atoms with van der Waals surface area (Å²) in [6.45, 7) is 2.12. The topological polar surface area (TPSA) is 31.0 Å². The number of hydrogen-bond acceptors (Lipinski definition) is 2. The molecule has 236 valence electrons. The molecule has 0 aliphatic rings. The van der Waals surface area contributed by atoms with Crippen molar-refractivity contribution in [1.82, 2.24) is 9.55 Å². The molecule has 0 radical (unpaired) electrons. The van der Waals surface area contributed by atoms with Gasteiger partial charge in [-0.25, -0.2) is 4.98 Å². The van der Waals surface area contributed by atoms with Gasteiger partial charge in [0.25, 0.3) is 0 Å². The van der Waals surface area contributed by atoms with Crippen LogP contribution in [-0.2, 0) is 6.42 Å². The molecule has 10 aromatic rings. The van der Waals surface area contributed by atoms with Crippen molar-refractivity contribution >= 4 is 54.5 Å². The van der Waals surface area contributed by atoms with Crippen molar-refractivity contribution in [1.29, 1.82) is 0 Å². The van der Waals surface area contributed by atoms with Crippen molar-refractivity contribution in [2.45, 2.75) is 13.3 Å². The summed E-state index contributed by atoms with van der Waals surface area (Å²) >= 11 is 0. The molecule has 0 amide bonds. The average Bonchev–Trinajstić information content (AvgIpc) is 3.80. The summed E-state index contributed by atoms with van der Waals surface area (Å²) in [6, 6.07) is 43.7. The number of hydrogen-bond donors (Lipinski definition) is 0. The van der Waals surface area contributed by atoms with Gasteiger partial charge in [-0.1, -0.05) is 128 Å². The lowest BCUT2D eigenvalue weighted by Crippen LogP contribution is -2.00. The molecule has 8 aromatic carbocycles. The third kappa shape index (κ3) is 4.33. The first-order valence-corrected chi connectivity index (χ1v) is 16.9. The molecule has 0 spiro atoms. The zero-order valence-corrected chi connectivity index (χ0v) is 27.2. The Bertz CT molecular complexity index is 3190. The van der Waals surface area contributed by atoms with Crippen molar-refractivity contribution < 1.29 is 11.3 Å². The van der Waals surface area contributed by atoms with Crippen molar-refractivity contribution in [3.63, 3.8) is 0 Å². The van der Waals surface area contributed by atoms with E-state index in [0.717, 1.165) is 94.7 Å².